The highest BCUT2D eigenvalue weighted by Crippen LogP contribution is 2.35. The molecular formula is C25H24ClNO6. The van der Waals surface area contributed by atoms with Crippen molar-refractivity contribution in [3.8, 4) is 5.75 Å². The van der Waals surface area contributed by atoms with Gasteiger partial charge in [0.15, 0.2) is 5.75 Å². The summed E-state index contributed by atoms with van der Waals surface area (Å²) in [6.45, 7) is 3.62. The third-order valence-electron chi connectivity index (χ3n) is 5.64. The highest BCUT2D eigenvalue weighted by Gasteiger charge is 2.28. The quantitative estimate of drug-likeness (QED) is 0.317. The van der Waals surface area contributed by atoms with Crippen LogP contribution in [0.2, 0.25) is 5.02 Å². The van der Waals surface area contributed by atoms with Crippen LogP contribution in [-0.4, -0.2) is 18.1 Å². The summed E-state index contributed by atoms with van der Waals surface area (Å²) in [6.07, 6.45) is 1.61. The zero-order valence-electron chi connectivity index (χ0n) is 18.4. The molecule has 1 unspecified atom stereocenters. The molecule has 1 heterocycles. The van der Waals surface area contributed by atoms with Gasteiger partial charge in [0.2, 0.25) is 0 Å². The molecular weight excluding hydrogens is 446 g/mol. The number of halogens is 1. The van der Waals surface area contributed by atoms with Crippen LogP contribution in [0.5, 0.6) is 5.75 Å². The van der Waals surface area contributed by atoms with Crippen LogP contribution in [0.1, 0.15) is 37.0 Å². The van der Waals surface area contributed by atoms with Crippen LogP contribution in [-0.2, 0) is 29.0 Å². The van der Waals surface area contributed by atoms with E-state index in [0.29, 0.717) is 17.6 Å². The smallest absolute Gasteiger partial charge is 0.408 e. The van der Waals surface area contributed by atoms with Crippen molar-refractivity contribution in [3.63, 3.8) is 0 Å². The molecule has 1 amide bonds. The van der Waals surface area contributed by atoms with Crippen LogP contribution in [0.4, 0.5) is 4.79 Å². The van der Waals surface area contributed by atoms with E-state index in [9.17, 15) is 14.4 Å². The molecule has 1 N–H and O–H groups in total. The molecule has 1 aromatic heterocycles. The Bertz CT molecular complexity index is 1250. The second-order valence-corrected chi connectivity index (χ2v) is 8.74. The number of nitrogens with one attached hydrogen (secondary N) is 1. The summed E-state index contributed by atoms with van der Waals surface area (Å²) in [6, 6.07) is 11.3. The minimum absolute atomic E-state index is 0.0559. The molecule has 0 bridgehead atoms. The van der Waals surface area contributed by atoms with Crippen molar-refractivity contribution in [2.75, 3.05) is 0 Å². The topological polar surface area (TPSA) is 94.8 Å². The van der Waals surface area contributed by atoms with Gasteiger partial charge in [0.1, 0.15) is 18.2 Å². The van der Waals surface area contributed by atoms with E-state index in [1.54, 1.807) is 19.9 Å². The van der Waals surface area contributed by atoms with Crippen molar-refractivity contribution in [1.82, 2.24) is 5.32 Å². The Kier molecular flexibility index (Phi) is 6.70. The second kappa shape index (κ2) is 9.67. The summed E-state index contributed by atoms with van der Waals surface area (Å²) < 4.78 is 16.1. The molecule has 0 spiro atoms. The SMILES string of the molecule is CC(C)C(NC(=O)OCc1ccccc1)C(=O)Oc1cc2oc(=O)c3c(c2cc1Cl)CCC3. The molecule has 0 radical (unpaired) electrons. The van der Waals surface area contributed by atoms with Crippen molar-refractivity contribution >= 4 is 34.6 Å². The van der Waals surface area contributed by atoms with E-state index < -0.39 is 18.1 Å². The summed E-state index contributed by atoms with van der Waals surface area (Å²) in [4.78, 5) is 37.4. The number of hydrogen-bond donors (Lipinski definition) is 1. The first-order valence-electron chi connectivity index (χ1n) is 10.8. The van der Waals surface area contributed by atoms with Gasteiger partial charge in [-0.2, -0.15) is 0 Å². The predicted molar refractivity (Wildman–Crippen MR) is 124 cm³/mol. The summed E-state index contributed by atoms with van der Waals surface area (Å²) in [5.74, 6) is -0.922. The number of carbonyl (C=O) groups is 2. The maximum atomic E-state index is 12.9. The lowest BCUT2D eigenvalue weighted by atomic mass is 10.0. The Morgan fingerprint density at radius 2 is 1.85 bits per heavy atom. The number of esters is 1. The standard InChI is InChI=1S/C25H24ClNO6/c1-14(2)22(27-25(30)31-13-15-7-4-3-5-8-15)24(29)33-21-12-20-18(11-19(21)26)16-9-6-10-17(16)23(28)32-20/h3-5,7-8,11-12,14,22H,6,9-10,13H2,1-2H3,(H,27,30). The first-order valence-corrected chi connectivity index (χ1v) is 11.2. The number of rotatable bonds is 6. The Morgan fingerprint density at radius 3 is 2.58 bits per heavy atom. The van der Waals surface area contributed by atoms with Gasteiger partial charge in [0.25, 0.3) is 0 Å². The lowest BCUT2D eigenvalue weighted by molar-refractivity contribution is -0.137. The normalized spacial score (nSPS) is 13.6. The van der Waals surface area contributed by atoms with Crippen molar-refractivity contribution < 1.29 is 23.5 Å². The van der Waals surface area contributed by atoms with Crippen LogP contribution in [0.25, 0.3) is 11.0 Å². The predicted octanol–water partition coefficient (Wildman–Crippen LogP) is 4.79. The number of fused-ring (bicyclic) bond motifs is 3. The van der Waals surface area contributed by atoms with Gasteiger partial charge in [0, 0.05) is 17.0 Å². The number of hydrogen-bond acceptors (Lipinski definition) is 6. The molecule has 7 nitrogen and oxygen atoms in total. The van der Waals surface area contributed by atoms with E-state index in [4.69, 9.17) is 25.5 Å². The third-order valence-corrected chi connectivity index (χ3v) is 5.94. The fourth-order valence-electron chi connectivity index (χ4n) is 3.92. The average Bonchev–Trinajstić information content (AvgIpc) is 3.29. The van der Waals surface area contributed by atoms with Gasteiger partial charge in [-0.25, -0.2) is 14.4 Å². The Balaban J connectivity index is 1.49. The lowest BCUT2D eigenvalue weighted by Crippen LogP contribution is -2.46. The lowest BCUT2D eigenvalue weighted by Gasteiger charge is -2.21. The molecule has 1 aliphatic rings. The van der Waals surface area contributed by atoms with Gasteiger partial charge in [0.05, 0.1) is 5.02 Å². The van der Waals surface area contributed by atoms with Crippen LogP contribution in [0, 0.1) is 5.92 Å². The molecule has 0 fully saturated rings. The van der Waals surface area contributed by atoms with Crippen molar-refractivity contribution in [3.05, 3.63) is 74.6 Å². The first kappa shape index (κ1) is 22.9. The fourth-order valence-corrected chi connectivity index (χ4v) is 4.12. The van der Waals surface area contributed by atoms with E-state index in [0.717, 1.165) is 29.4 Å². The van der Waals surface area contributed by atoms with Crippen LogP contribution in [0.3, 0.4) is 0 Å². The summed E-state index contributed by atoms with van der Waals surface area (Å²) >= 11 is 6.39. The number of aryl methyl sites for hydroxylation is 1. The van der Waals surface area contributed by atoms with E-state index in [1.165, 1.54) is 6.07 Å². The van der Waals surface area contributed by atoms with Crippen LogP contribution < -0.4 is 15.7 Å². The zero-order chi connectivity index (χ0) is 23.5. The van der Waals surface area contributed by atoms with Crippen LogP contribution >= 0.6 is 11.6 Å². The van der Waals surface area contributed by atoms with Gasteiger partial charge in [-0.1, -0.05) is 55.8 Å². The number of ether oxygens (including phenoxy) is 2. The van der Waals surface area contributed by atoms with Crippen LogP contribution in [0.15, 0.2) is 51.7 Å². The van der Waals surface area contributed by atoms with E-state index >= 15 is 0 Å². The summed E-state index contributed by atoms with van der Waals surface area (Å²) in [7, 11) is 0. The Hall–Kier alpha value is -3.32. The van der Waals surface area contributed by atoms with Gasteiger partial charge < -0.3 is 19.2 Å². The maximum absolute atomic E-state index is 12.9. The minimum Gasteiger partial charge on any atom is -0.445 e. The van der Waals surface area contributed by atoms with Gasteiger partial charge >= 0.3 is 17.7 Å². The molecule has 0 saturated heterocycles. The largest absolute Gasteiger partial charge is 0.445 e. The van der Waals surface area contributed by atoms with Crippen molar-refractivity contribution in [2.24, 2.45) is 5.92 Å². The molecule has 1 aliphatic carbocycles. The highest BCUT2D eigenvalue weighted by atomic mass is 35.5. The van der Waals surface area contributed by atoms with E-state index in [1.807, 2.05) is 30.3 Å². The molecule has 4 rings (SSSR count). The molecule has 172 valence electrons. The first-order chi connectivity index (χ1) is 15.8. The number of amides is 1. The monoisotopic (exact) mass is 469 g/mol. The fraction of sp³-hybridized carbons (Fsp3) is 0.320. The summed E-state index contributed by atoms with van der Waals surface area (Å²) in [5, 5.41) is 3.52. The number of carbonyl (C=O) groups excluding carboxylic acids is 2. The summed E-state index contributed by atoms with van der Waals surface area (Å²) in [5.41, 5.74) is 2.37. The molecule has 33 heavy (non-hydrogen) atoms. The molecule has 3 aromatic rings. The van der Waals surface area contributed by atoms with Gasteiger partial charge in [-0.05, 0) is 42.4 Å². The number of alkyl carbamates (subject to hydrolysis) is 1. The van der Waals surface area contributed by atoms with Gasteiger partial charge in [-0.3, -0.25) is 0 Å². The highest BCUT2D eigenvalue weighted by molar-refractivity contribution is 6.33. The van der Waals surface area contributed by atoms with E-state index in [2.05, 4.69) is 5.32 Å². The van der Waals surface area contributed by atoms with E-state index in [-0.39, 0.29) is 28.9 Å². The second-order valence-electron chi connectivity index (χ2n) is 8.33. The molecule has 1 atom stereocenters. The minimum atomic E-state index is -0.966. The Morgan fingerprint density at radius 1 is 1.12 bits per heavy atom. The van der Waals surface area contributed by atoms with Crippen molar-refractivity contribution in [1.29, 1.82) is 0 Å². The molecule has 8 heteroatoms. The van der Waals surface area contributed by atoms with Crippen molar-refractivity contribution in [2.45, 2.75) is 45.8 Å². The van der Waals surface area contributed by atoms with Gasteiger partial charge in [-0.15, -0.1) is 0 Å². The Labute approximate surface area is 195 Å². The third kappa shape index (κ3) is 5.03. The zero-order valence-corrected chi connectivity index (χ0v) is 19.1. The molecule has 2 aromatic carbocycles. The average molecular weight is 470 g/mol. The molecule has 0 saturated carbocycles. The maximum Gasteiger partial charge on any atom is 0.408 e. The molecule has 0 aliphatic heterocycles. The number of benzene rings is 2.